The Kier molecular flexibility index (Phi) is 61.0. The van der Waals surface area contributed by atoms with Crippen LogP contribution < -0.4 is 30.1 Å². The zero-order valence-corrected chi connectivity index (χ0v) is 11.0. The van der Waals surface area contributed by atoms with E-state index in [9.17, 15) is 0 Å². The maximum Gasteiger partial charge on any atom is 3.00 e. The Morgan fingerprint density at radius 1 is 0.636 bits per heavy atom. The Bertz CT molecular complexity index is 36.1. The van der Waals surface area contributed by atoms with Gasteiger partial charge < -0.3 is 30.1 Å². The van der Waals surface area contributed by atoms with Gasteiger partial charge in [-0.05, 0) is 0 Å². The maximum atomic E-state index is 8.42. The van der Waals surface area contributed by atoms with Gasteiger partial charge in [0.25, 0.3) is 0 Å². The van der Waals surface area contributed by atoms with Crippen molar-refractivity contribution in [2.24, 2.45) is 0 Å². The first-order valence-corrected chi connectivity index (χ1v) is 1.41. The molecule has 0 saturated carbocycles. The summed E-state index contributed by atoms with van der Waals surface area (Å²) in [5.74, 6) is 0. The van der Waals surface area contributed by atoms with Crippen molar-refractivity contribution >= 4 is 24.5 Å². The fraction of sp³-hybridized carbons (Fsp3) is 0. The molecule has 0 atom stereocenters. The molecule has 0 aliphatic heterocycles. The molecule has 6 nitrogen and oxygen atoms in total. The molecule has 0 amide bonds. The van der Waals surface area contributed by atoms with E-state index in [2.05, 4.69) is 0 Å². The second kappa shape index (κ2) is 23.0. The van der Waals surface area contributed by atoms with Crippen LogP contribution in [0.5, 0.6) is 0 Å². The van der Waals surface area contributed by atoms with Gasteiger partial charge in [-0.1, -0.05) is 0 Å². The van der Waals surface area contributed by atoms with Crippen LogP contribution in [0.2, 0.25) is 0 Å². The van der Waals surface area contributed by atoms with Gasteiger partial charge in [0.15, 0.2) is 0 Å². The molecule has 0 aliphatic rings. The molecule has 0 saturated heterocycles. The fourth-order valence-corrected chi connectivity index (χ4v) is 0. The third-order valence-corrected chi connectivity index (χ3v) is 0. The van der Waals surface area contributed by atoms with Crippen LogP contribution in [0.15, 0.2) is 0 Å². The molecule has 58 valence electrons. The van der Waals surface area contributed by atoms with Crippen LogP contribution in [-0.2, 0) is 32.7 Å². The van der Waals surface area contributed by atoms with Gasteiger partial charge in [-0.15, -0.1) is 0 Å². The first-order chi connectivity index (χ1) is 3.46. The monoisotopic (exact) mass is 396 g/mol. The molecule has 0 heterocycles. The summed E-state index contributed by atoms with van der Waals surface area (Å²) in [5.41, 5.74) is 0. The molecule has 11 heteroatoms. The largest absolute Gasteiger partial charge is 3.00 e. The van der Waals surface area contributed by atoms with Crippen molar-refractivity contribution in [3.63, 3.8) is 0 Å². The third-order valence-electron chi connectivity index (χ3n) is 0. The van der Waals surface area contributed by atoms with Crippen molar-refractivity contribution in [3.8, 4) is 0 Å². The van der Waals surface area contributed by atoms with E-state index in [-0.39, 0.29) is 82.5 Å². The summed E-state index contributed by atoms with van der Waals surface area (Å²) in [4.78, 5) is 0. The van der Waals surface area contributed by atoms with Crippen LogP contribution in [0.1, 0.15) is 0 Å². The molecule has 0 rings (SSSR count). The van der Waals surface area contributed by atoms with E-state index in [0.29, 0.717) is 0 Å². The molecule has 11 heavy (non-hydrogen) atoms. The van der Waals surface area contributed by atoms with Gasteiger partial charge in [0, 0.05) is 9.90 Å². The predicted octanol–water partition coefficient (Wildman–Crippen LogP) is -7.04. The predicted molar refractivity (Wildman–Crippen MR) is 18.4 cm³/mol. The van der Waals surface area contributed by atoms with E-state index in [0.717, 1.165) is 0 Å². The van der Waals surface area contributed by atoms with E-state index in [1.807, 2.05) is 0 Å². The third kappa shape index (κ3) is 195. The summed E-state index contributed by atoms with van der Waals surface area (Å²) in [6, 6.07) is 0. The van der Waals surface area contributed by atoms with Crippen molar-refractivity contribution in [2.75, 3.05) is 0 Å². The van der Waals surface area contributed by atoms with Crippen LogP contribution in [0, 0.1) is 39.9 Å². The molecule has 4 radical (unpaired) electrons. The molecule has 0 aromatic carbocycles. The van der Waals surface area contributed by atoms with Crippen molar-refractivity contribution in [1.82, 2.24) is 0 Å². The Hall–Kier alpha value is 2.75. The smallest absolute Gasteiger partial charge is 0.907 e. The molecule has 0 spiro atoms. The van der Waals surface area contributed by atoms with E-state index in [1.165, 1.54) is 0 Å². The summed E-state index contributed by atoms with van der Waals surface area (Å²) >= 11 is 0. The minimum Gasteiger partial charge on any atom is -0.907 e. The standard InChI is InChI=1S/2BO3.Gd.P.Y/c2*2-1(3)4;;;/q2*-3;+3;;+3. The molecule has 0 aromatic rings. The maximum absolute atomic E-state index is 8.42. The number of rotatable bonds is 0. The van der Waals surface area contributed by atoms with Gasteiger partial charge >= 0.3 is 72.6 Å². The number of hydrogen-bond acceptors (Lipinski definition) is 6. The van der Waals surface area contributed by atoms with Crippen LogP contribution in [0.3, 0.4) is 0 Å². The zero-order chi connectivity index (χ0) is 7.15. The van der Waals surface area contributed by atoms with Crippen LogP contribution in [0.25, 0.3) is 0 Å². The normalized spacial score (nSPS) is 4.91. The average molecular weight is 395 g/mol. The van der Waals surface area contributed by atoms with Gasteiger partial charge in [-0.25, -0.2) is 0 Å². The van der Waals surface area contributed by atoms with E-state index >= 15 is 0 Å². The summed E-state index contributed by atoms with van der Waals surface area (Å²) in [6.45, 7) is 0. The minimum absolute atomic E-state index is 0. The van der Waals surface area contributed by atoms with Crippen molar-refractivity contribution in [2.45, 2.75) is 0 Å². The molecule has 0 bridgehead atoms. The zero-order valence-electron chi connectivity index (χ0n) is 4.98. The van der Waals surface area contributed by atoms with Gasteiger partial charge in [0.2, 0.25) is 0 Å². The van der Waals surface area contributed by atoms with E-state index in [4.69, 9.17) is 30.1 Å². The summed E-state index contributed by atoms with van der Waals surface area (Å²) < 4.78 is 0. The van der Waals surface area contributed by atoms with Crippen LogP contribution >= 0.6 is 9.90 Å². The second-order valence-electron chi connectivity index (χ2n) is 0.577. The molecule has 0 N–H and O–H groups in total. The van der Waals surface area contributed by atoms with Crippen LogP contribution in [0.4, 0.5) is 0 Å². The molecule has 0 fully saturated rings. The molecular formula is B2GdO6PY. The van der Waals surface area contributed by atoms with Gasteiger partial charge in [0.05, 0.1) is 0 Å². The topological polar surface area (TPSA) is 138 Å². The Morgan fingerprint density at radius 2 is 0.636 bits per heavy atom. The summed E-state index contributed by atoms with van der Waals surface area (Å²) in [7, 11) is -5.83. The van der Waals surface area contributed by atoms with Crippen molar-refractivity contribution in [3.05, 3.63) is 0 Å². The van der Waals surface area contributed by atoms with Crippen molar-refractivity contribution < 1.29 is 103 Å². The quantitative estimate of drug-likeness (QED) is 0.295. The molecular weight excluding hydrogens is 395 g/mol. The van der Waals surface area contributed by atoms with Crippen LogP contribution in [-0.4, -0.2) is 14.6 Å². The first kappa shape index (κ1) is 29.2. The molecule has 0 aromatic heterocycles. The summed E-state index contributed by atoms with van der Waals surface area (Å²) in [6.07, 6.45) is 0. The Morgan fingerprint density at radius 3 is 0.636 bits per heavy atom. The SMILES string of the molecule is [Gd+3].[O-]B([O-])[O-].[O-]B([O-])[O-].[P].[Y+3]. The first-order valence-electron chi connectivity index (χ1n) is 1.41. The van der Waals surface area contributed by atoms with Gasteiger partial charge in [-0.3, -0.25) is 14.6 Å². The van der Waals surface area contributed by atoms with Gasteiger partial charge in [0.1, 0.15) is 0 Å². The minimum atomic E-state index is -2.92. The average Bonchev–Trinajstić information content (AvgIpc) is 1.25. The van der Waals surface area contributed by atoms with E-state index < -0.39 is 14.6 Å². The van der Waals surface area contributed by atoms with Crippen molar-refractivity contribution in [1.29, 1.82) is 0 Å². The number of hydrogen-bond donors (Lipinski definition) is 0. The Labute approximate surface area is 125 Å². The molecule has 0 aliphatic carbocycles. The molecule has 0 unspecified atom stereocenters. The second-order valence-corrected chi connectivity index (χ2v) is 0.577. The van der Waals surface area contributed by atoms with E-state index in [1.54, 1.807) is 0 Å². The summed E-state index contributed by atoms with van der Waals surface area (Å²) in [5, 5.41) is 50.5. The Balaban J connectivity index is -0.0000000171. The fourth-order valence-electron chi connectivity index (χ4n) is 0. The van der Waals surface area contributed by atoms with Gasteiger partial charge in [-0.2, -0.15) is 0 Å².